The zero-order valence-corrected chi connectivity index (χ0v) is 22.5. The van der Waals surface area contributed by atoms with Crippen molar-refractivity contribution in [3.05, 3.63) is 28.2 Å². The lowest BCUT2D eigenvalue weighted by Crippen LogP contribution is -2.26. The Balaban J connectivity index is 0.000000358. The van der Waals surface area contributed by atoms with Gasteiger partial charge in [-0.1, -0.05) is 126 Å². The van der Waals surface area contributed by atoms with Gasteiger partial charge < -0.3 is 15.7 Å². The molecule has 194 valence electrons. The Bertz CT molecular complexity index is 678. The van der Waals surface area contributed by atoms with Crippen LogP contribution in [0.5, 0.6) is 0 Å². The third-order valence-corrected chi connectivity index (χ3v) is 6.50. The van der Waals surface area contributed by atoms with Crippen molar-refractivity contribution in [2.75, 3.05) is 18.4 Å². The normalized spacial score (nSPS) is 12.5. The molecule has 5 nitrogen and oxygen atoms in total. The molecule has 1 aliphatic heterocycles. The zero-order valence-electron chi connectivity index (χ0n) is 21.0. The number of anilines is 1. The highest BCUT2D eigenvalue weighted by Crippen LogP contribution is 2.29. The Morgan fingerprint density at radius 3 is 1.76 bits per heavy atom. The smallest absolute Gasteiger partial charge is 0.303 e. The van der Waals surface area contributed by atoms with Crippen molar-refractivity contribution < 1.29 is 9.90 Å². The molecule has 0 spiro atoms. The van der Waals surface area contributed by atoms with E-state index >= 15 is 0 Å². The van der Waals surface area contributed by atoms with Crippen LogP contribution < -0.4 is 10.6 Å². The summed E-state index contributed by atoms with van der Waals surface area (Å²) in [4.78, 5) is 14.5. The molecule has 34 heavy (non-hydrogen) atoms. The number of benzene rings is 1. The highest BCUT2D eigenvalue weighted by atomic mass is 35.5. The number of guanidine groups is 1. The maximum Gasteiger partial charge on any atom is 0.303 e. The van der Waals surface area contributed by atoms with Crippen molar-refractivity contribution in [2.24, 2.45) is 4.99 Å². The van der Waals surface area contributed by atoms with Crippen LogP contribution in [0.25, 0.3) is 0 Å². The molecule has 0 fully saturated rings. The van der Waals surface area contributed by atoms with Crippen LogP contribution in [0.1, 0.15) is 110 Å². The third-order valence-electron chi connectivity index (χ3n) is 5.87. The lowest BCUT2D eigenvalue weighted by atomic mass is 10.0. The number of hydrogen-bond donors (Lipinski definition) is 3. The lowest BCUT2D eigenvalue weighted by Gasteiger charge is -2.09. The second kappa shape index (κ2) is 20.9. The molecule has 2 rings (SSSR count). The largest absolute Gasteiger partial charge is 0.481 e. The van der Waals surface area contributed by atoms with Gasteiger partial charge in [0.15, 0.2) is 5.96 Å². The predicted molar refractivity (Wildman–Crippen MR) is 148 cm³/mol. The lowest BCUT2D eigenvalue weighted by molar-refractivity contribution is -0.137. The van der Waals surface area contributed by atoms with Crippen molar-refractivity contribution in [1.29, 1.82) is 0 Å². The van der Waals surface area contributed by atoms with Crippen LogP contribution >= 0.6 is 23.2 Å². The summed E-state index contributed by atoms with van der Waals surface area (Å²) in [6.45, 7) is 3.90. The fourth-order valence-corrected chi connectivity index (χ4v) is 4.36. The van der Waals surface area contributed by atoms with Crippen LogP contribution in [0.2, 0.25) is 10.0 Å². The molecular formula is C27H45Cl2N3O2. The summed E-state index contributed by atoms with van der Waals surface area (Å²) in [5.74, 6) is 0.0692. The molecule has 0 aliphatic carbocycles. The molecule has 0 atom stereocenters. The van der Waals surface area contributed by atoms with Crippen LogP contribution in [-0.4, -0.2) is 30.1 Å². The standard InChI is InChI=1S/C18H36O2.C9H9Cl2N3/c1-2-3-4-5-6-7-8-9-10-11-12-13-14-15-16-17-18(19)20;10-6-2-1-3-7(11)8(6)14-9-12-4-5-13-9/h2-17H2,1H3,(H,19,20);1-3H,4-5H2,(H2,12,13,14). The summed E-state index contributed by atoms with van der Waals surface area (Å²) in [5, 5.41) is 15.8. The number of carbonyl (C=O) groups is 1. The number of nitrogens with zero attached hydrogens (tertiary/aromatic N) is 1. The van der Waals surface area contributed by atoms with E-state index in [2.05, 4.69) is 22.5 Å². The minimum absolute atomic E-state index is 0.345. The monoisotopic (exact) mass is 513 g/mol. The Morgan fingerprint density at radius 2 is 1.35 bits per heavy atom. The molecule has 0 unspecified atom stereocenters. The maximum atomic E-state index is 10.3. The van der Waals surface area contributed by atoms with Gasteiger partial charge in [-0.25, -0.2) is 0 Å². The summed E-state index contributed by atoms with van der Waals surface area (Å²) >= 11 is 12.0. The summed E-state index contributed by atoms with van der Waals surface area (Å²) in [7, 11) is 0. The number of nitrogens with one attached hydrogen (secondary N) is 2. The van der Waals surface area contributed by atoms with Gasteiger partial charge in [-0.15, -0.1) is 0 Å². The van der Waals surface area contributed by atoms with Gasteiger partial charge in [0.05, 0.1) is 22.3 Å². The average molecular weight is 515 g/mol. The molecule has 0 amide bonds. The Morgan fingerprint density at radius 1 is 0.882 bits per heavy atom. The van der Waals surface area contributed by atoms with Gasteiger partial charge in [-0.3, -0.25) is 9.79 Å². The quantitative estimate of drug-likeness (QED) is 0.182. The van der Waals surface area contributed by atoms with Gasteiger partial charge in [-0.2, -0.15) is 0 Å². The first-order chi connectivity index (χ1) is 16.5. The molecular weight excluding hydrogens is 469 g/mol. The minimum Gasteiger partial charge on any atom is -0.481 e. The highest BCUT2D eigenvalue weighted by molar-refractivity contribution is 6.39. The molecule has 1 heterocycles. The summed E-state index contributed by atoms with van der Waals surface area (Å²) in [5.41, 5.74) is 0.698. The zero-order chi connectivity index (χ0) is 24.9. The second-order valence-corrected chi connectivity index (χ2v) is 9.79. The van der Waals surface area contributed by atoms with Crippen LogP contribution in [0.3, 0.4) is 0 Å². The number of rotatable bonds is 17. The number of aliphatic imine (C=N–C) groups is 1. The SMILES string of the molecule is CCCCCCCCCCCCCCCCCC(=O)O.Clc1cccc(Cl)c1NC1=NCCN1. The van der Waals surface area contributed by atoms with Crippen molar-refractivity contribution in [3.63, 3.8) is 0 Å². The van der Waals surface area contributed by atoms with E-state index in [4.69, 9.17) is 28.3 Å². The number of aliphatic carboxylic acids is 1. The van der Waals surface area contributed by atoms with Gasteiger partial charge in [0.25, 0.3) is 0 Å². The number of halogens is 2. The molecule has 1 aromatic carbocycles. The first-order valence-electron chi connectivity index (χ1n) is 13.3. The molecule has 3 N–H and O–H groups in total. The van der Waals surface area contributed by atoms with Gasteiger partial charge in [0.2, 0.25) is 0 Å². The van der Waals surface area contributed by atoms with E-state index in [0.717, 1.165) is 31.9 Å². The van der Waals surface area contributed by atoms with Crippen molar-refractivity contribution >= 4 is 40.8 Å². The van der Waals surface area contributed by atoms with E-state index < -0.39 is 5.97 Å². The third kappa shape index (κ3) is 16.2. The first kappa shape index (κ1) is 30.6. The topological polar surface area (TPSA) is 73.7 Å². The molecule has 0 saturated heterocycles. The number of hydrogen-bond acceptors (Lipinski definition) is 4. The van der Waals surface area contributed by atoms with Crippen LogP contribution in [0.4, 0.5) is 5.69 Å². The van der Waals surface area contributed by atoms with E-state index in [1.807, 2.05) is 0 Å². The summed E-state index contributed by atoms with van der Waals surface area (Å²) < 4.78 is 0. The Kier molecular flexibility index (Phi) is 18.8. The van der Waals surface area contributed by atoms with Gasteiger partial charge in [0, 0.05) is 13.0 Å². The average Bonchev–Trinajstić information content (AvgIpc) is 3.33. The van der Waals surface area contributed by atoms with Crippen molar-refractivity contribution in [2.45, 2.75) is 110 Å². The molecule has 0 radical (unpaired) electrons. The molecule has 1 aliphatic rings. The minimum atomic E-state index is -0.653. The first-order valence-corrected chi connectivity index (χ1v) is 14.0. The fraction of sp³-hybridized carbons (Fsp3) is 0.704. The second-order valence-electron chi connectivity index (χ2n) is 8.97. The Labute approximate surface area is 217 Å². The number of para-hydroxylation sites is 1. The van der Waals surface area contributed by atoms with Crippen molar-refractivity contribution in [1.82, 2.24) is 5.32 Å². The molecule has 7 heteroatoms. The van der Waals surface area contributed by atoms with E-state index in [0.29, 0.717) is 22.2 Å². The Hall–Kier alpha value is -1.46. The molecule has 1 aromatic rings. The van der Waals surface area contributed by atoms with Crippen molar-refractivity contribution in [3.8, 4) is 0 Å². The van der Waals surface area contributed by atoms with Gasteiger partial charge in [0.1, 0.15) is 0 Å². The number of unbranched alkanes of at least 4 members (excludes halogenated alkanes) is 14. The maximum absolute atomic E-state index is 10.3. The van der Waals surface area contributed by atoms with E-state index in [-0.39, 0.29) is 0 Å². The van der Waals surface area contributed by atoms with E-state index in [1.165, 1.54) is 83.5 Å². The predicted octanol–water partition coefficient (Wildman–Crippen LogP) is 8.70. The number of carboxylic acid groups (broad SMARTS) is 1. The van der Waals surface area contributed by atoms with Crippen LogP contribution in [0.15, 0.2) is 23.2 Å². The van der Waals surface area contributed by atoms with Crippen LogP contribution in [-0.2, 0) is 4.79 Å². The molecule has 0 aromatic heterocycles. The van der Waals surface area contributed by atoms with Gasteiger partial charge in [-0.05, 0) is 18.6 Å². The van der Waals surface area contributed by atoms with Gasteiger partial charge >= 0.3 is 5.97 Å². The van der Waals surface area contributed by atoms with E-state index in [9.17, 15) is 4.79 Å². The summed E-state index contributed by atoms with van der Waals surface area (Å²) in [6, 6.07) is 5.37. The molecule has 0 saturated carbocycles. The number of carboxylic acids is 1. The fourth-order valence-electron chi connectivity index (χ4n) is 3.86. The van der Waals surface area contributed by atoms with Crippen LogP contribution in [0, 0.1) is 0 Å². The molecule has 0 bridgehead atoms. The summed E-state index contributed by atoms with van der Waals surface area (Å²) in [6.07, 6.45) is 20.2. The highest BCUT2D eigenvalue weighted by Gasteiger charge is 2.10. The van der Waals surface area contributed by atoms with E-state index in [1.54, 1.807) is 18.2 Å².